The lowest BCUT2D eigenvalue weighted by Crippen LogP contribution is -2.44. The van der Waals surface area contributed by atoms with E-state index in [2.05, 4.69) is 28.2 Å². The van der Waals surface area contributed by atoms with Gasteiger partial charge in [0.15, 0.2) is 0 Å². The number of anilines is 1. The zero-order valence-electron chi connectivity index (χ0n) is 12.1. The number of fused-ring (bicyclic) bond motifs is 1. The first-order valence-corrected chi connectivity index (χ1v) is 7.55. The first-order chi connectivity index (χ1) is 9.74. The molecule has 1 amide bonds. The molecule has 1 fully saturated rings. The fourth-order valence-electron chi connectivity index (χ4n) is 3.15. The van der Waals surface area contributed by atoms with Crippen molar-refractivity contribution in [2.24, 2.45) is 0 Å². The van der Waals surface area contributed by atoms with Crippen LogP contribution in [-0.4, -0.2) is 55.5 Å². The molecular weight excluding hydrogens is 250 g/mol. The maximum Gasteiger partial charge on any atom is 0.232 e. The maximum absolute atomic E-state index is 12.0. The summed E-state index contributed by atoms with van der Waals surface area (Å²) in [5.74, 6) is 0.225. The molecule has 2 aliphatic heterocycles. The van der Waals surface area contributed by atoms with Crippen LogP contribution in [0.25, 0.3) is 0 Å². The first-order valence-electron chi connectivity index (χ1n) is 7.55. The van der Waals surface area contributed by atoms with Gasteiger partial charge in [-0.1, -0.05) is 18.2 Å². The summed E-state index contributed by atoms with van der Waals surface area (Å²) in [5, 5.41) is 2.98. The van der Waals surface area contributed by atoms with Gasteiger partial charge in [0.1, 0.15) is 0 Å². The predicted molar refractivity (Wildman–Crippen MR) is 81.0 cm³/mol. The SMILES string of the molecule is CN1CCN(CCCC2C(=O)Nc3ccccc32)CC1. The molecule has 1 unspecified atom stereocenters. The number of rotatable bonds is 4. The molecule has 4 heteroatoms. The van der Waals surface area contributed by atoms with Gasteiger partial charge in [-0.25, -0.2) is 0 Å². The van der Waals surface area contributed by atoms with Gasteiger partial charge in [0.2, 0.25) is 5.91 Å². The average molecular weight is 273 g/mol. The third kappa shape index (κ3) is 2.86. The molecule has 2 heterocycles. The smallest absolute Gasteiger partial charge is 0.232 e. The van der Waals surface area contributed by atoms with Crippen LogP contribution in [0.1, 0.15) is 24.3 Å². The zero-order valence-corrected chi connectivity index (χ0v) is 12.1. The van der Waals surface area contributed by atoms with E-state index >= 15 is 0 Å². The van der Waals surface area contributed by atoms with E-state index in [1.807, 2.05) is 18.2 Å². The topological polar surface area (TPSA) is 35.6 Å². The minimum absolute atomic E-state index is 0.0543. The van der Waals surface area contributed by atoms with Gasteiger partial charge in [-0.15, -0.1) is 0 Å². The van der Waals surface area contributed by atoms with Gasteiger partial charge in [0.25, 0.3) is 0 Å². The van der Waals surface area contributed by atoms with Crippen LogP contribution in [-0.2, 0) is 4.79 Å². The Morgan fingerprint density at radius 2 is 1.95 bits per heavy atom. The number of amides is 1. The van der Waals surface area contributed by atoms with Crippen molar-refractivity contribution in [3.63, 3.8) is 0 Å². The van der Waals surface area contributed by atoms with Gasteiger partial charge >= 0.3 is 0 Å². The van der Waals surface area contributed by atoms with E-state index < -0.39 is 0 Å². The second-order valence-electron chi connectivity index (χ2n) is 5.92. The van der Waals surface area contributed by atoms with Crippen LogP contribution in [0, 0.1) is 0 Å². The van der Waals surface area contributed by atoms with Gasteiger partial charge in [-0.2, -0.15) is 0 Å². The molecule has 0 aromatic heterocycles. The number of hydrogen-bond donors (Lipinski definition) is 1. The van der Waals surface area contributed by atoms with Crippen molar-refractivity contribution in [2.75, 3.05) is 45.1 Å². The van der Waals surface area contributed by atoms with E-state index in [-0.39, 0.29) is 11.8 Å². The minimum Gasteiger partial charge on any atom is -0.325 e. The molecular formula is C16H23N3O. The molecule has 1 aromatic rings. The normalized spacial score (nSPS) is 23.6. The number of nitrogens with one attached hydrogen (secondary N) is 1. The standard InChI is InChI=1S/C16H23N3O/c1-18-9-11-19(12-10-18)8-4-6-14-13-5-2-3-7-15(13)17-16(14)20/h2-3,5,7,14H,4,6,8-12H2,1H3,(H,17,20). The maximum atomic E-state index is 12.0. The zero-order chi connectivity index (χ0) is 13.9. The quantitative estimate of drug-likeness (QED) is 0.908. The van der Waals surface area contributed by atoms with Crippen LogP contribution in [0.3, 0.4) is 0 Å². The Balaban J connectivity index is 1.50. The molecule has 0 aliphatic carbocycles. The van der Waals surface area contributed by atoms with Crippen molar-refractivity contribution >= 4 is 11.6 Å². The van der Waals surface area contributed by atoms with E-state index in [4.69, 9.17) is 0 Å². The van der Waals surface area contributed by atoms with E-state index in [0.29, 0.717) is 0 Å². The number of benzene rings is 1. The average Bonchev–Trinajstić information content (AvgIpc) is 2.77. The summed E-state index contributed by atoms with van der Waals surface area (Å²) in [5.41, 5.74) is 2.18. The van der Waals surface area contributed by atoms with E-state index in [9.17, 15) is 4.79 Å². The summed E-state index contributed by atoms with van der Waals surface area (Å²) in [4.78, 5) is 16.9. The number of para-hydroxylation sites is 1. The molecule has 4 nitrogen and oxygen atoms in total. The van der Waals surface area contributed by atoms with Gasteiger partial charge in [-0.3, -0.25) is 4.79 Å². The van der Waals surface area contributed by atoms with Gasteiger partial charge in [-0.05, 0) is 38.1 Å². The molecule has 1 atom stereocenters. The van der Waals surface area contributed by atoms with Crippen LogP contribution in [0.4, 0.5) is 5.69 Å². The van der Waals surface area contributed by atoms with Gasteiger partial charge in [0, 0.05) is 31.9 Å². The van der Waals surface area contributed by atoms with Crippen LogP contribution in [0.15, 0.2) is 24.3 Å². The number of carbonyl (C=O) groups excluding carboxylic acids is 1. The number of likely N-dealkylation sites (N-methyl/N-ethyl adjacent to an activating group) is 1. The molecule has 0 spiro atoms. The molecule has 1 aromatic carbocycles. The Morgan fingerprint density at radius 3 is 2.75 bits per heavy atom. The van der Waals surface area contributed by atoms with Crippen molar-refractivity contribution in [1.29, 1.82) is 0 Å². The summed E-state index contributed by atoms with van der Waals surface area (Å²) in [6.07, 6.45) is 2.05. The lowest BCUT2D eigenvalue weighted by molar-refractivity contribution is -0.117. The summed E-state index contributed by atoms with van der Waals surface area (Å²) in [7, 11) is 2.18. The van der Waals surface area contributed by atoms with Crippen LogP contribution >= 0.6 is 0 Å². The molecule has 1 N–H and O–H groups in total. The highest BCUT2D eigenvalue weighted by atomic mass is 16.2. The largest absolute Gasteiger partial charge is 0.325 e. The molecule has 2 aliphatic rings. The molecule has 108 valence electrons. The van der Waals surface area contributed by atoms with Crippen molar-refractivity contribution in [3.8, 4) is 0 Å². The molecule has 0 saturated carbocycles. The lowest BCUT2D eigenvalue weighted by atomic mass is 9.95. The Labute approximate surface area is 120 Å². The Kier molecular flexibility index (Phi) is 4.03. The summed E-state index contributed by atoms with van der Waals surface area (Å²) in [6, 6.07) is 8.07. The molecule has 20 heavy (non-hydrogen) atoms. The molecule has 3 rings (SSSR count). The van der Waals surface area contributed by atoms with Gasteiger partial charge in [0.05, 0.1) is 5.92 Å². The Bertz CT molecular complexity index is 480. The fraction of sp³-hybridized carbons (Fsp3) is 0.562. The van der Waals surface area contributed by atoms with E-state index in [1.165, 1.54) is 5.56 Å². The van der Waals surface area contributed by atoms with Crippen molar-refractivity contribution < 1.29 is 4.79 Å². The van der Waals surface area contributed by atoms with Crippen molar-refractivity contribution in [1.82, 2.24) is 9.80 Å². The summed E-state index contributed by atoms with van der Waals surface area (Å²) >= 11 is 0. The minimum atomic E-state index is 0.0543. The summed E-state index contributed by atoms with van der Waals surface area (Å²) in [6.45, 7) is 5.74. The van der Waals surface area contributed by atoms with Crippen molar-refractivity contribution in [3.05, 3.63) is 29.8 Å². The predicted octanol–water partition coefficient (Wildman–Crippen LogP) is 1.75. The highest BCUT2D eigenvalue weighted by Crippen LogP contribution is 2.34. The third-order valence-corrected chi connectivity index (χ3v) is 4.47. The van der Waals surface area contributed by atoms with Crippen LogP contribution in [0.5, 0.6) is 0 Å². The Morgan fingerprint density at radius 1 is 1.20 bits per heavy atom. The van der Waals surface area contributed by atoms with E-state index in [0.717, 1.165) is 51.3 Å². The monoisotopic (exact) mass is 273 g/mol. The van der Waals surface area contributed by atoms with Crippen LogP contribution in [0.2, 0.25) is 0 Å². The molecule has 0 bridgehead atoms. The molecule has 1 saturated heterocycles. The number of piperazine rings is 1. The molecule has 0 radical (unpaired) electrons. The number of hydrogen-bond acceptors (Lipinski definition) is 3. The van der Waals surface area contributed by atoms with E-state index in [1.54, 1.807) is 0 Å². The second-order valence-corrected chi connectivity index (χ2v) is 5.92. The fourth-order valence-corrected chi connectivity index (χ4v) is 3.15. The highest BCUT2D eigenvalue weighted by Gasteiger charge is 2.29. The number of nitrogens with zero attached hydrogens (tertiary/aromatic N) is 2. The highest BCUT2D eigenvalue weighted by molar-refractivity contribution is 6.02. The third-order valence-electron chi connectivity index (χ3n) is 4.47. The second kappa shape index (κ2) is 5.94. The van der Waals surface area contributed by atoms with Crippen molar-refractivity contribution in [2.45, 2.75) is 18.8 Å². The van der Waals surface area contributed by atoms with Gasteiger partial charge < -0.3 is 15.1 Å². The van der Waals surface area contributed by atoms with Crippen LogP contribution < -0.4 is 5.32 Å². The summed E-state index contributed by atoms with van der Waals surface area (Å²) < 4.78 is 0. The lowest BCUT2D eigenvalue weighted by Gasteiger charge is -2.32. The number of carbonyl (C=O) groups is 1. The first kappa shape index (κ1) is 13.6. The Hall–Kier alpha value is -1.39.